The number of methoxy groups -OCH3 is 1. The molecule has 24 heavy (non-hydrogen) atoms. The molecule has 0 saturated heterocycles. The maximum atomic E-state index is 13.8. The molecule has 0 aliphatic carbocycles. The number of benzene rings is 2. The van der Waals surface area contributed by atoms with Gasteiger partial charge in [0, 0.05) is 0 Å². The van der Waals surface area contributed by atoms with E-state index < -0.39 is 32.4 Å². The van der Waals surface area contributed by atoms with Crippen LogP contribution >= 0.6 is 69.6 Å². The minimum Gasteiger partial charge on any atom is -0.505 e. The molecule has 0 unspecified atom stereocenters. The lowest BCUT2D eigenvalue weighted by molar-refractivity contribution is -0.0999. The van der Waals surface area contributed by atoms with Crippen LogP contribution in [0.5, 0.6) is 23.0 Å². The van der Waals surface area contributed by atoms with Crippen molar-refractivity contribution in [2.75, 3.05) is 7.11 Å². The molecular weight excluding hydrogens is 452 g/mol. The van der Waals surface area contributed by atoms with Crippen molar-refractivity contribution < 1.29 is 24.0 Å². The van der Waals surface area contributed by atoms with Gasteiger partial charge in [-0.05, 0) is 6.07 Å². The van der Waals surface area contributed by atoms with Crippen LogP contribution in [-0.2, 0) is 0 Å². The second-order valence-corrected chi connectivity index (χ2v) is 6.44. The van der Waals surface area contributed by atoms with Gasteiger partial charge >= 0.3 is 0 Å². The van der Waals surface area contributed by atoms with Gasteiger partial charge in [0.2, 0.25) is 11.5 Å². The molecule has 1 N–H and O–H groups in total. The van der Waals surface area contributed by atoms with Crippen LogP contribution in [0.2, 0.25) is 30.1 Å². The first-order valence-electron chi connectivity index (χ1n) is 5.81. The average molecular weight is 457 g/mol. The van der Waals surface area contributed by atoms with E-state index in [9.17, 15) is 9.50 Å². The van der Waals surface area contributed by atoms with E-state index in [-0.39, 0.29) is 26.6 Å². The second kappa shape index (κ2) is 7.68. The van der Waals surface area contributed by atoms with E-state index in [0.717, 1.165) is 0 Å². The molecule has 2 aromatic carbocycles. The molecule has 0 radical (unpaired) electrons. The summed E-state index contributed by atoms with van der Waals surface area (Å²) in [5, 5.41) is 7.87. The van der Waals surface area contributed by atoms with E-state index in [1.807, 2.05) is 0 Å². The molecule has 2 aromatic rings. The molecule has 0 heterocycles. The van der Waals surface area contributed by atoms with E-state index in [1.165, 1.54) is 13.2 Å². The predicted octanol–water partition coefficient (Wildman–Crippen LogP) is 6.83. The van der Waals surface area contributed by atoms with Crippen molar-refractivity contribution in [1.82, 2.24) is 0 Å². The van der Waals surface area contributed by atoms with Crippen molar-refractivity contribution in [2.45, 2.75) is 0 Å². The molecule has 0 spiro atoms. The molecule has 0 aromatic heterocycles. The summed E-state index contributed by atoms with van der Waals surface area (Å²) in [4.78, 5) is 9.85. The molecule has 0 atom stereocenters. The lowest BCUT2D eigenvalue weighted by atomic mass is 10.3. The Kier molecular flexibility index (Phi) is 6.29. The van der Waals surface area contributed by atoms with Crippen molar-refractivity contribution in [2.24, 2.45) is 0 Å². The largest absolute Gasteiger partial charge is 0.505 e. The highest BCUT2D eigenvalue weighted by Gasteiger charge is 2.25. The van der Waals surface area contributed by atoms with Gasteiger partial charge in [0.25, 0.3) is 0 Å². The molecule has 0 aliphatic heterocycles. The van der Waals surface area contributed by atoms with Crippen LogP contribution in [0.4, 0.5) is 4.39 Å². The highest BCUT2D eigenvalue weighted by atomic mass is 35.5. The van der Waals surface area contributed by atoms with Gasteiger partial charge in [0.15, 0.2) is 17.3 Å². The maximum absolute atomic E-state index is 13.8. The fraction of sp³-hybridized carbons (Fsp3) is 0.0769. The summed E-state index contributed by atoms with van der Waals surface area (Å²) >= 11 is 35.0. The number of ether oxygens (including phenoxy) is 1. The molecule has 130 valence electrons. The van der Waals surface area contributed by atoms with Gasteiger partial charge in [-0.15, -0.1) is 0 Å². The smallest absolute Gasteiger partial charge is 0.222 e. The Hall–Kier alpha value is -0.690. The quantitative estimate of drug-likeness (QED) is 0.237. The van der Waals surface area contributed by atoms with Crippen molar-refractivity contribution >= 4 is 69.6 Å². The lowest BCUT2D eigenvalue weighted by Crippen LogP contribution is -2.04. The van der Waals surface area contributed by atoms with E-state index in [0.29, 0.717) is 0 Å². The first kappa shape index (κ1) is 19.6. The molecule has 0 amide bonds. The number of aromatic hydroxyl groups is 1. The summed E-state index contributed by atoms with van der Waals surface area (Å²) in [5.74, 6) is -2.57. The summed E-state index contributed by atoms with van der Waals surface area (Å²) in [6, 6.07) is 1.29. The predicted molar refractivity (Wildman–Crippen MR) is 92.4 cm³/mol. The Balaban J connectivity index is 2.43. The summed E-state index contributed by atoms with van der Waals surface area (Å²) in [7, 11) is 1.33. The number of rotatable bonds is 4. The molecular formula is C13H5Cl6FO4. The first-order chi connectivity index (χ1) is 11.2. The van der Waals surface area contributed by atoms with Crippen molar-refractivity contribution in [3.8, 4) is 23.0 Å². The molecule has 0 fully saturated rings. The van der Waals surface area contributed by atoms with E-state index in [2.05, 4.69) is 0 Å². The summed E-state index contributed by atoms with van der Waals surface area (Å²) in [5.41, 5.74) is 0. The minimum atomic E-state index is -1.15. The van der Waals surface area contributed by atoms with Gasteiger partial charge in [0.1, 0.15) is 20.1 Å². The van der Waals surface area contributed by atoms with Crippen molar-refractivity contribution in [1.29, 1.82) is 0 Å². The van der Waals surface area contributed by atoms with Gasteiger partial charge in [-0.25, -0.2) is 4.39 Å². The molecule has 11 heteroatoms. The van der Waals surface area contributed by atoms with Crippen LogP contribution in [0.1, 0.15) is 0 Å². The molecule has 0 bridgehead atoms. The number of hydrogen-bond acceptors (Lipinski definition) is 4. The number of phenols is 1. The zero-order valence-electron chi connectivity index (χ0n) is 11.4. The van der Waals surface area contributed by atoms with Crippen LogP contribution in [-0.4, -0.2) is 12.2 Å². The molecule has 0 aliphatic rings. The Morgan fingerprint density at radius 3 is 1.92 bits per heavy atom. The van der Waals surface area contributed by atoms with Crippen molar-refractivity contribution in [3.05, 3.63) is 42.0 Å². The lowest BCUT2D eigenvalue weighted by Gasteiger charge is -2.15. The Morgan fingerprint density at radius 1 is 0.792 bits per heavy atom. The van der Waals surface area contributed by atoms with E-state index >= 15 is 0 Å². The highest BCUT2D eigenvalue weighted by molar-refractivity contribution is 6.43. The standard InChI is InChI=1S/C13H5Cl6FO4/c1-22-11-3(14)2-4(15)12(8(11)19)23-24-13-6(17)9(20)5(16)10(21)7(13)18/h2,21H,1H3. The van der Waals surface area contributed by atoms with E-state index in [4.69, 9.17) is 84.1 Å². The van der Waals surface area contributed by atoms with Gasteiger partial charge in [-0.2, -0.15) is 0 Å². The summed E-state index contributed by atoms with van der Waals surface area (Å²) in [6.07, 6.45) is 0. The van der Waals surface area contributed by atoms with E-state index in [1.54, 1.807) is 0 Å². The van der Waals surface area contributed by atoms with Gasteiger partial charge in [-0.1, -0.05) is 69.6 Å². The molecule has 0 saturated carbocycles. The van der Waals surface area contributed by atoms with Crippen LogP contribution < -0.4 is 14.5 Å². The number of hydrogen-bond donors (Lipinski definition) is 1. The Labute approximate surface area is 165 Å². The second-order valence-electron chi connectivity index (χ2n) is 4.12. The highest BCUT2D eigenvalue weighted by Crippen LogP contribution is 2.48. The zero-order chi connectivity index (χ0) is 18.2. The zero-order valence-corrected chi connectivity index (χ0v) is 15.9. The molecule has 4 nitrogen and oxygen atoms in total. The maximum Gasteiger partial charge on any atom is 0.222 e. The monoisotopic (exact) mass is 454 g/mol. The summed E-state index contributed by atoms with van der Waals surface area (Å²) < 4.78 is 18.8. The van der Waals surface area contributed by atoms with Crippen molar-refractivity contribution in [3.63, 3.8) is 0 Å². The number of halogens is 7. The average Bonchev–Trinajstić information content (AvgIpc) is 2.53. The van der Waals surface area contributed by atoms with Crippen LogP contribution in [0.3, 0.4) is 0 Å². The topological polar surface area (TPSA) is 47.9 Å². The third-order valence-corrected chi connectivity index (χ3v) is 4.64. The fourth-order valence-corrected chi connectivity index (χ4v) is 3.33. The molecule has 2 rings (SSSR count). The fourth-order valence-electron chi connectivity index (χ4n) is 1.58. The first-order valence-corrected chi connectivity index (χ1v) is 8.08. The SMILES string of the molecule is COc1c(Cl)cc(Cl)c(OOc2c(Cl)c(O)c(Cl)c(F)c2Cl)c1Cl. The third-order valence-electron chi connectivity index (χ3n) is 2.70. The number of phenolic OH excluding ortho intramolecular Hbond substituents is 1. The van der Waals surface area contributed by atoms with Crippen LogP contribution in [0.25, 0.3) is 0 Å². The van der Waals surface area contributed by atoms with Gasteiger partial charge < -0.3 is 9.84 Å². The van der Waals surface area contributed by atoms with Gasteiger partial charge in [0.05, 0.1) is 17.2 Å². The normalized spacial score (nSPS) is 10.7. The Morgan fingerprint density at radius 2 is 1.33 bits per heavy atom. The van der Waals surface area contributed by atoms with Crippen LogP contribution in [0.15, 0.2) is 6.07 Å². The summed E-state index contributed by atoms with van der Waals surface area (Å²) in [6.45, 7) is 0. The van der Waals surface area contributed by atoms with Crippen LogP contribution in [0, 0.1) is 5.82 Å². The van der Waals surface area contributed by atoms with Gasteiger partial charge in [-0.3, -0.25) is 9.78 Å². The Bertz CT molecular complexity index is 785. The third kappa shape index (κ3) is 3.47. The minimum absolute atomic E-state index is 0.0308.